The summed E-state index contributed by atoms with van der Waals surface area (Å²) in [6.07, 6.45) is 7.15. The van der Waals surface area contributed by atoms with Crippen molar-refractivity contribution in [2.75, 3.05) is 18.2 Å². The molecule has 0 aromatic heterocycles. The van der Waals surface area contributed by atoms with Gasteiger partial charge >= 0.3 is 0 Å². The van der Waals surface area contributed by atoms with Gasteiger partial charge in [0.15, 0.2) is 0 Å². The summed E-state index contributed by atoms with van der Waals surface area (Å²) in [4.78, 5) is 24.4. The monoisotopic (exact) mass is 441 g/mol. The van der Waals surface area contributed by atoms with E-state index in [0.29, 0.717) is 18.5 Å². The molecule has 1 unspecified atom stereocenters. The molecule has 172 valence electrons. The van der Waals surface area contributed by atoms with Gasteiger partial charge in [-0.3, -0.25) is 9.59 Å². The molecule has 32 heavy (non-hydrogen) atoms. The molecule has 0 aliphatic heterocycles. The molecule has 2 aromatic carbocycles. The van der Waals surface area contributed by atoms with E-state index >= 15 is 0 Å². The smallest absolute Gasteiger partial charge is 0.224 e. The lowest BCUT2D eigenvalue weighted by Crippen LogP contribution is -2.30. The first-order valence-corrected chi connectivity index (χ1v) is 11.3. The van der Waals surface area contributed by atoms with Crippen LogP contribution in [0, 0.1) is 5.82 Å². The van der Waals surface area contributed by atoms with Crippen LogP contribution in [0.3, 0.4) is 0 Å². The number of benzene rings is 2. The Balaban J connectivity index is 1.32. The highest BCUT2D eigenvalue weighted by molar-refractivity contribution is 5.93. The zero-order valence-corrected chi connectivity index (χ0v) is 18.6. The summed E-state index contributed by atoms with van der Waals surface area (Å²) < 4.78 is 18.4. The van der Waals surface area contributed by atoms with Crippen LogP contribution in [0.1, 0.15) is 68.5 Å². The Labute approximate surface area is 188 Å². The minimum absolute atomic E-state index is 0.0692. The molecule has 0 spiro atoms. The average molecular weight is 442 g/mol. The zero-order valence-electron chi connectivity index (χ0n) is 18.6. The van der Waals surface area contributed by atoms with Crippen molar-refractivity contribution < 1.29 is 18.7 Å². The Hall–Kier alpha value is -3.09. The Morgan fingerprint density at radius 3 is 2.53 bits per heavy atom. The van der Waals surface area contributed by atoms with Gasteiger partial charge in [0.1, 0.15) is 11.6 Å². The van der Waals surface area contributed by atoms with Crippen LogP contribution >= 0.6 is 0 Å². The number of carbonyl (C=O) groups is 2. The van der Waals surface area contributed by atoms with E-state index in [4.69, 9.17) is 10.5 Å². The highest BCUT2D eigenvalue weighted by atomic mass is 19.1. The second-order valence-corrected chi connectivity index (χ2v) is 8.27. The molecule has 2 aromatic rings. The predicted molar refractivity (Wildman–Crippen MR) is 124 cm³/mol. The van der Waals surface area contributed by atoms with Gasteiger partial charge in [-0.1, -0.05) is 18.9 Å². The standard InChI is InChI=1S/C25H32FN3O3/c1-32-19-12-13-20-17(15-19)7-6-8-22(20)28-24(30)9-4-2-3-5-10-25(31)29-23-14-11-18(26)16-21(23)27/h11-16,22H,2-10,27H2,1H3,(H,28,30)(H,29,31). The van der Waals surface area contributed by atoms with Gasteiger partial charge in [0.05, 0.1) is 24.5 Å². The van der Waals surface area contributed by atoms with Gasteiger partial charge in [-0.15, -0.1) is 0 Å². The van der Waals surface area contributed by atoms with E-state index in [-0.39, 0.29) is 23.5 Å². The molecule has 0 saturated carbocycles. The van der Waals surface area contributed by atoms with E-state index in [9.17, 15) is 14.0 Å². The molecule has 1 aliphatic rings. The number of ether oxygens (including phenoxy) is 1. The normalized spacial score (nSPS) is 15.0. The first-order chi connectivity index (χ1) is 15.5. The van der Waals surface area contributed by atoms with Crippen molar-refractivity contribution in [3.05, 3.63) is 53.3 Å². The number of aryl methyl sites for hydroxylation is 1. The van der Waals surface area contributed by atoms with Gasteiger partial charge in [-0.05, 0) is 73.6 Å². The minimum atomic E-state index is -0.433. The Morgan fingerprint density at radius 1 is 1.06 bits per heavy atom. The maximum atomic E-state index is 13.1. The molecule has 2 amide bonds. The number of halogens is 1. The number of fused-ring (bicyclic) bond motifs is 1. The maximum Gasteiger partial charge on any atom is 0.224 e. The summed E-state index contributed by atoms with van der Waals surface area (Å²) in [5.74, 6) is 0.347. The number of nitrogen functional groups attached to an aromatic ring is 1. The molecule has 0 fully saturated rings. The van der Waals surface area contributed by atoms with Gasteiger partial charge in [0.2, 0.25) is 11.8 Å². The minimum Gasteiger partial charge on any atom is -0.497 e. The van der Waals surface area contributed by atoms with E-state index in [1.165, 1.54) is 29.3 Å². The van der Waals surface area contributed by atoms with Crippen LogP contribution in [-0.2, 0) is 16.0 Å². The molecule has 6 nitrogen and oxygen atoms in total. The predicted octanol–water partition coefficient (Wildman–Crippen LogP) is 4.89. The number of hydrogen-bond donors (Lipinski definition) is 3. The van der Waals surface area contributed by atoms with Gasteiger partial charge in [-0.2, -0.15) is 0 Å². The lowest BCUT2D eigenvalue weighted by Gasteiger charge is -2.27. The summed E-state index contributed by atoms with van der Waals surface area (Å²) in [6, 6.07) is 10.0. The van der Waals surface area contributed by atoms with E-state index < -0.39 is 5.82 Å². The summed E-state index contributed by atoms with van der Waals surface area (Å²) in [6.45, 7) is 0. The van der Waals surface area contributed by atoms with E-state index in [0.717, 1.165) is 50.7 Å². The van der Waals surface area contributed by atoms with E-state index in [1.807, 2.05) is 6.07 Å². The molecule has 3 rings (SSSR count). The second-order valence-electron chi connectivity index (χ2n) is 8.27. The summed E-state index contributed by atoms with van der Waals surface area (Å²) in [7, 11) is 1.66. The van der Waals surface area contributed by atoms with Crippen molar-refractivity contribution in [2.45, 2.75) is 63.8 Å². The van der Waals surface area contributed by atoms with Crippen molar-refractivity contribution >= 4 is 23.2 Å². The fourth-order valence-electron chi connectivity index (χ4n) is 4.12. The van der Waals surface area contributed by atoms with Crippen LogP contribution in [0.25, 0.3) is 0 Å². The van der Waals surface area contributed by atoms with Crippen LogP contribution in [0.2, 0.25) is 0 Å². The first kappa shape index (κ1) is 23.6. The highest BCUT2D eigenvalue weighted by Crippen LogP contribution is 2.32. The fourth-order valence-corrected chi connectivity index (χ4v) is 4.12. The van der Waals surface area contributed by atoms with Gasteiger partial charge in [0.25, 0.3) is 0 Å². The van der Waals surface area contributed by atoms with Crippen molar-refractivity contribution in [1.82, 2.24) is 5.32 Å². The number of hydrogen-bond acceptors (Lipinski definition) is 4. The first-order valence-electron chi connectivity index (χ1n) is 11.3. The summed E-state index contributed by atoms with van der Waals surface area (Å²) >= 11 is 0. The summed E-state index contributed by atoms with van der Waals surface area (Å²) in [5.41, 5.74) is 8.78. The second kappa shape index (κ2) is 11.5. The third kappa shape index (κ3) is 6.70. The largest absolute Gasteiger partial charge is 0.497 e. The molecular formula is C25H32FN3O3. The number of carbonyl (C=O) groups excluding carboxylic acids is 2. The Morgan fingerprint density at radius 2 is 1.81 bits per heavy atom. The number of methoxy groups -OCH3 is 1. The third-order valence-electron chi connectivity index (χ3n) is 5.85. The number of anilines is 2. The molecular weight excluding hydrogens is 409 g/mol. The molecule has 7 heteroatoms. The molecule has 4 N–H and O–H groups in total. The number of nitrogens with two attached hydrogens (primary N) is 1. The van der Waals surface area contributed by atoms with Crippen molar-refractivity contribution in [3.63, 3.8) is 0 Å². The Kier molecular flexibility index (Phi) is 8.48. The van der Waals surface area contributed by atoms with Crippen molar-refractivity contribution in [1.29, 1.82) is 0 Å². The lowest BCUT2D eigenvalue weighted by molar-refractivity contribution is -0.122. The van der Waals surface area contributed by atoms with Crippen molar-refractivity contribution in [2.24, 2.45) is 0 Å². The molecule has 0 bridgehead atoms. The summed E-state index contributed by atoms with van der Waals surface area (Å²) in [5, 5.41) is 5.88. The number of nitrogens with one attached hydrogen (secondary N) is 2. The SMILES string of the molecule is COc1ccc2c(c1)CCCC2NC(=O)CCCCCCC(=O)Nc1ccc(F)cc1N. The Bertz CT molecular complexity index is 948. The van der Waals surface area contributed by atoms with Crippen LogP contribution in [0.15, 0.2) is 36.4 Å². The van der Waals surface area contributed by atoms with Crippen LogP contribution < -0.4 is 21.1 Å². The van der Waals surface area contributed by atoms with Crippen molar-refractivity contribution in [3.8, 4) is 5.75 Å². The van der Waals surface area contributed by atoms with Crippen LogP contribution in [-0.4, -0.2) is 18.9 Å². The topological polar surface area (TPSA) is 93.4 Å². The number of unbranched alkanes of at least 4 members (excludes halogenated alkanes) is 3. The zero-order chi connectivity index (χ0) is 22.9. The third-order valence-corrected chi connectivity index (χ3v) is 5.85. The highest BCUT2D eigenvalue weighted by Gasteiger charge is 2.22. The number of amides is 2. The van der Waals surface area contributed by atoms with Gasteiger partial charge in [-0.25, -0.2) is 4.39 Å². The van der Waals surface area contributed by atoms with Crippen LogP contribution in [0.4, 0.5) is 15.8 Å². The molecule has 1 atom stereocenters. The van der Waals surface area contributed by atoms with Crippen LogP contribution in [0.5, 0.6) is 5.75 Å². The van der Waals surface area contributed by atoms with E-state index in [2.05, 4.69) is 22.8 Å². The molecule has 1 aliphatic carbocycles. The van der Waals surface area contributed by atoms with E-state index in [1.54, 1.807) is 7.11 Å². The van der Waals surface area contributed by atoms with Gasteiger partial charge in [0, 0.05) is 12.8 Å². The quantitative estimate of drug-likeness (QED) is 0.361. The molecule has 0 heterocycles. The molecule has 0 saturated heterocycles. The molecule has 0 radical (unpaired) electrons. The fraction of sp³-hybridized carbons (Fsp3) is 0.440. The lowest BCUT2D eigenvalue weighted by atomic mass is 9.87. The number of rotatable bonds is 10. The van der Waals surface area contributed by atoms with Gasteiger partial charge < -0.3 is 21.1 Å². The average Bonchev–Trinajstić information content (AvgIpc) is 2.78. The maximum absolute atomic E-state index is 13.1.